The van der Waals surface area contributed by atoms with E-state index in [0.717, 1.165) is 12.4 Å². The topological polar surface area (TPSA) is 18.1 Å². The van der Waals surface area contributed by atoms with E-state index in [1.807, 2.05) is 0 Å². The number of hydrogen-bond donors (Lipinski definition) is 2. The van der Waals surface area contributed by atoms with Gasteiger partial charge in [-0.05, 0) is 50.3 Å². The van der Waals surface area contributed by atoms with E-state index in [1.165, 1.54) is 63.1 Å². The first kappa shape index (κ1) is 16.3. The van der Waals surface area contributed by atoms with Crippen molar-refractivity contribution in [3.63, 3.8) is 0 Å². The molecule has 0 amide bonds. The fourth-order valence-electron chi connectivity index (χ4n) is 3.00. The fourth-order valence-corrected chi connectivity index (χ4v) is 3.00. The van der Waals surface area contributed by atoms with E-state index in [2.05, 4.69) is 39.1 Å². The molecule has 21 heavy (non-hydrogen) atoms. The summed E-state index contributed by atoms with van der Waals surface area (Å²) in [6.45, 7) is 11.9. The third-order valence-electron chi connectivity index (χ3n) is 4.80. The van der Waals surface area contributed by atoms with E-state index in [4.69, 9.17) is 4.74 Å². The van der Waals surface area contributed by atoms with Crippen molar-refractivity contribution in [2.45, 2.75) is 33.1 Å². The van der Waals surface area contributed by atoms with Gasteiger partial charge in [0, 0.05) is 0 Å². The van der Waals surface area contributed by atoms with Gasteiger partial charge in [0.1, 0.15) is 31.9 Å². The summed E-state index contributed by atoms with van der Waals surface area (Å²) in [4.78, 5) is 3.50. The average molecular weight is 292 g/mol. The third kappa shape index (κ3) is 5.33. The Morgan fingerprint density at radius 2 is 1.76 bits per heavy atom. The standard InChI is InChI=1S/C18H30N2O/c1-16-8-7-9-18(17(16)2)21-15-6-4-5-10-20-13-11-19(3)12-14-20/h7-9H,4-6,10-15H2,1-3H3/p+2. The first-order chi connectivity index (χ1) is 10.2. The molecule has 0 aromatic heterocycles. The minimum Gasteiger partial charge on any atom is -0.493 e. The highest BCUT2D eigenvalue weighted by Crippen LogP contribution is 2.20. The minimum atomic E-state index is 0.854. The zero-order chi connectivity index (χ0) is 15.1. The molecule has 1 aromatic rings. The molecule has 1 fully saturated rings. The first-order valence-electron chi connectivity index (χ1n) is 8.50. The van der Waals surface area contributed by atoms with Gasteiger partial charge in [-0.25, -0.2) is 0 Å². The van der Waals surface area contributed by atoms with Crippen LogP contribution in [0.4, 0.5) is 0 Å². The summed E-state index contributed by atoms with van der Waals surface area (Å²) in [6.07, 6.45) is 3.80. The molecule has 1 aromatic carbocycles. The number of aryl methyl sites for hydroxylation is 1. The molecule has 2 rings (SSSR count). The van der Waals surface area contributed by atoms with Crippen LogP contribution >= 0.6 is 0 Å². The van der Waals surface area contributed by atoms with Crippen molar-refractivity contribution < 1.29 is 14.5 Å². The molecule has 0 unspecified atom stereocenters. The Labute approximate surface area is 129 Å². The van der Waals surface area contributed by atoms with Crippen molar-refractivity contribution in [2.24, 2.45) is 0 Å². The number of likely N-dealkylation sites (N-methyl/N-ethyl adjacent to an activating group) is 1. The molecule has 0 bridgehead atoms. The van der Waals surface area contributed by atoms with Crippen LogP contribution < -0.4 is 14.5 Å². The maximum Gasteiger partial charge on any atom is 0.127 e. The summed E-state index contributed by atoms with van der Waals surface area (Å²) in [5.74, 6) is 1.06. The van der Waals surface area contributed by atoms with Gasteiger partial charge in [0.15, 0.2) is 0 Å². The maximum absolute atomic E-state index is 5.91. The molecular formula is C18H32N2O+2. The zero-order valence-corrected chi connectivity index (χ0v) is 14.0. The predicted molar refractivity (Wildman–Crippen MR) is 87.4 cm³/mol. The molecule has 3 nitrogen and oxygen atoms in total. The summed E-state index contributed by atoms with van der Waals surface area (Å²) in [5, 5.41) is 0. The van der Waals surface area contributed by atoms with Crippen LogP contribution in [0.3, 0.4) is 0 Å². The number of ether oxygens (including phenoxy) is 1. The van der Waals surface area contributed by atoms with Crippen LogP contribution in [-0.2, 0) is 0 Å². The Bertz CT molecular complexity index is 425. The molecule has 0 radical (unpaired) electrons. The second kappa shape index (κ2) is 8.40. The Balaban J connectivity index is 1.55. The molecule has 118 valence electrons. The Morgan fingerprint density at radius 1 is 1.00 bits per heavy atom. The highest BCUT2D eigenvalue weighted by Gasteiger charge is 2.18. The quantitative estimate of drug-likeness (QED) is 0.690. The van der Waals surface area contributed by atoms with Crippen molar-refractivity contribution >= 4 is 0 Å². The number of unbranched alkanes of at least 4 members (excludes halogenated alkanes) is 2. The highest BCUT2D eigenvalue weighted by atomic mass is 16.5. The van der Waals surface area contributed by atoms with Crippen molar-refractivity contribution in [1.82, 2.24) is 0 Å². The van der Waals surface area contributed by atoms with Crippen LogP contribution in [0.15, 0.2) is 18.2 Å². The number of hydrogen-bond acceptors (Lipinski definition) is 1. The van der Waals surface area contributed by atoms with Gasteiger partial charge in [-0.3, -0.25) is 0 Å². The molecule has 2 N–H and O–H groups in total. The Morgan fingerprint density at radius 3 is 2.52 bits per heavy atom. The summed E-state index contributed by atoms with van der Waals surface area (Å²) >= 11 is 0. The second-order valence-corrected chi connectivity index (χ2v) is 6.56. The van der Waals surface area contributed by atoms with Crippen molar-refractivity contribution in [3.05, 3.63) is 29.3 Å². The van der Waals surface area contributed by atoms with Crippen LogP contribution in [0, 0.1) is 13.8 Å². The van der Waals surface area contributed by atoms with Gasteiger partial charge in [0.25, 0.3) is 0 Å². The number of quaternary nitrogens is 2. The molecule has 1 saturated heterocycles. The monoisotopic (exact) mass is 292 g/mol. The molecule has 0 saturated carbocycles. The zero-order valence-electron chi connectivity index (χ0n) is 14.0. The summed E-state index contributed by atoms with van der Waals surface area (Å²) in [7, 11) is 2.31. The first-order valence-corrected chi connectivity index (χ1v) is 8.50. The Kier molecular flexibility index (Phi) is 6.52. The molecule has 3 heteroatoms. The molecule has 0 atom stereocenters. The van der Waals surface area contributed by atoms with Crippen molar-refractivity contribution in [2.75, 3.05) is 46.4 Å². The summed E-state index contributed by atoms with van der Waals surface area (Å²) in [6, 6.07) is 6.30. The van der Waals surface area contributed by atoms with E-state index in [0.29, 0.717) is 0 Å². The van der Waals surface area contributed by atoms with E-state index < -0.39 is 0 Å². The van der Waals surface area contributed by atoms with Gasteiger partial charge in [0.2, 0.25) is 0 Å². The predicted octanol–water partition coefficient (Wildman–Crippen LogP) is 0.266. The maximum atomic E-state index is 5.91. The normalized spacial score (nSPS) is 22.2. The number of benzene rings is 1. The number of rotatable bonds is 7. The van der Waals surface area contributed by atoms with E-state index >= 15 is 0 Å². The SMILES string of the molecule is Cc1cccc(OCCCCC[NH+]2CC[NH+](C)CC2)c1C. The van der Waals surface area contributed by atoms with Gasteiger partial charge in [0.05, 0.1) is 20.2 Å². The van der Waals surface area contributed by atoms with Gasteiger partial charge in [-0.2, -0.15) is 0 Å². The molecule has 1 aliphatic rings. The van der Waals surface area contributed by atoms with Crippen LogP contribution in [0.2, 0.25) is 0 Å². The van der Waals surface area contributed by atoms with E-state index in [1.54, 1.807) is 9.80 Å². The average Bonchev–Trinajstić information content (AvgIpc) is 2.49. The highest BCUT2D eigenvalue weighted by molar-refractivity contribution is 5.38. The summed E-state index contributed by atoms with van der Waals surface area (Å²) < 4.78 is 5.91. The number of nitrogens with one attached hydrogen (secondary N) is 2. The number of piperazine rings is 1. The molecule has 1 aliphatic heterocycles. The van der Waals surface area contributed by atoms with E-state index in [-0.39, 0.29) is 0 Å². The van der Waals surface area contributed by atoms with Gasteiger partial charge in [-0.15, -0.1) is 0 Å². The molecule has 0 spiro atoms. The van der Waals surface area contributed by atoms with E-state index in [9.17, 15) is 0 Å². The lowest BCUT2D eigenvalue weighted by molar-refractivity contribution is -1.00. The Hall–Kier alpha value is -1.06. The van der Waals surface area contributed by atoms with Crippen molar-refractivity contribution in [1.29, 1.82) is 0 Å². The second-order valence-electron chi connectivity index (χ2n) is 6.56. The lowest BCUT2D eigenvalue weighted by Gasteiger charge is -2.27. The van der Waals surface area contributed by atoms with Crippen LogP contribution in [0.1, 0.15) is 30.4 Å². The van der Waals surface area contributed by atoms with Gasteiger partial charge < -0.3 is 14.5 Å². The molecular weight excluding hydrogens is 260 g/mol. The fraction of sp³-hybridized carbons (Fsp3) is 0.667. The minimum absolute atomic E-state index is 0.854. The lowest BCUT2D eigenvalue weighted by atomic mass is 10.1. The lowest BCUT2D eigenvalue weighted by Crippen LogP contribution is -3.27. The smallest absolute Gasteiger partial charge is 0.127 e. The largest absolute Gasteiger partial charge is 0.493 e. The summed E-state index contributed by atoms with van der Waals surface area (Å²) in [5.41, 5.74) is 2.59. The third-order valence-corrected chi connectivity index (χ3v) is 4.80. The van der Waals surface area contributed by atoms with Crippen molar-refractivity contribution in [3.8, 4) is 5.75 Å². The van der Waals surface area contributed by atoms with Crippen LogP contribution in [-0.4, -0.2) is 46.4 Å². The molecule has 1 heterocycles. The molecule has 0 aliphatic carbocycles. The van der Waals surface area contributed by atoms with Gasteiger partial charge >= 0.3 is 0 Å². The van der Waals surface area contributed by atoms with Crippen LogP contribution in [0.25, 0.3) is 0 Å². The van der Waals surface area contributed by atoms with Gasteiger partial charge in [-0.1, -0.05) is 12.1 Å². The van der Waals surface area contributed by atoms with Crippen LogP contribution in [0.5, 0.6) is 5.75 Å².